The molecule has 0 fully saturated rings. The van der Waals surface area contributed by atoms with Crippen LogP contribution in [0.2, 0.25) is 0 Å². The van der Waals surface area contributed by atoms with Gasteiger partial charge in [0.1, 0.15) is 0 Å². The van der Waals surface area contributed by atoms with E-state index in [9.17, 15) is 0 Å². The van der Waals surface area contributed by atoms with E-state index >= 15 is 0 Å². The maximum atomic E-state index is 4.51. The third-order valence-electron chi connectivity index (χ3n) is 3.43. The van der Waals surface area contributed by atoms with E-state index in [1.54, 1.807) is 0 Å². The number of unbranched alkanes of at least 4 members (excludes halogenated alkanes) is 1. The van der Waals surface area contributed by atoms with Gasteiger partial charge in [0.15, 0.2) is 0 Å². The van der Waals surface area contributed by atoms with Gasteiger partial charge in [0.05, 0.1) is 5.52 Å². The van der Waals surface area contributed by atoms with Crippen LogP contribution in [0.4, 0.5) is 0 Å². The van der Waals surface area contributed by atoms with Crippen LogP contribution >= 0.6 is 15.9 Å². The summed E-state index contributed by atoms with van der Waals surface area (Å²) in [5.41, 5.74) is 2.36. The molecule has 0 spiro atoms. The van der Waals surface area contributed by atoms with Crippen LogP contribution in [0.3, 0.4) is 0 Å². The number of pyridine rings is 1. The molecule has 1 aromatic carbocycles. The lowest BCUT2D eigenvalue weighted by Gasteiger charge is -2.14. The minimum Gasteiger partial charge on any atom is -0.310 e. The van der Waals surface area contributed by atoms with Gasteiger partial charge >= 0.3 is 0 Å². The Morgan fingerprint density at radius 2 is 2.16 bits per heavy atom. The standard InChI is InChI=1S/C16H21BrN2/c1-3-4-6-12(2)19-11-13-8-9-15(17)14-7-5-10-18-16(13)14/h5,7-10,12,19H,3-4,6,11H2,1-2H3. The van der Waals surface area contributed by atoms with Crippen molar-refractivity contribution in [1.29, 1.82) is 0 Å². The molecule has 3 heteroatoms. The Hall–Kier alpha value is -0.930. The molecule has 0 aliphatic carbocycles. The molecule has 2 aromatic rings. The van der Waals surface area contributed by atoms with E-state index in [4.69, 9.17) is 0 Å². The van der Waals surface area contributed by atoms with Crippen molar-refractivity contribution in [3.63, 3.8) is 0 Å². The molecule has 0 radical (unpaired) electrons. The highest BCUT2D eigenvalue weighted by molar-refractivity contribution is 9.10. The summed E-state index contributed by atoms with van der Waals surface area (Å²) in [5, 5.41) is 4.77. The van der Waals surface area contributed by atoms with Crippen LogP contribution in [0.25, 0.3) is 10.9 Å². The van der Waals surface area contributed by atoms with E-state index in [0.29, 0.717) is 6.04 Å². The lowest BCUT2D eigenvalue weighted by molar-refractivity contribution is 0.495. The average Bonchev–Trinajstić information content (AvgIpc) is 2.45. The van der Waals surface area contributed by atoms with Crippen molar-refractivity contribution >= 4 is 26.8 Å². The predicted octanol–water partition coefficient (Wildman–Crippen LogP) is 4.67. The summed E-state index contributed by atoms with van der Waals surface area (Å²) in [6, 6.07) is 8.91. The van der Waals surface area contributed by atoms with Gasteiger partial charge in [-0.15, -0.1) is 0 Å². The molecule has 0 bridgehead atoms. The second-order valence-electron chi connectivity index (χ2n) is 5.03. The van der Waals surface area contributed by atoms with E-state index in [1.807, 2.05) is 12.3 Å². The van der Waals surface area contributed by atoms with E-state index in [-0.39, 0.29) is 0 Å². The number of aromatic nitrogens is 1. The summed E-state index contributed by atoms with van der Waals surface area (Å²) in [5.74, 6) is 0. The molecule has 0 amide bonds. The van der Waals surface area contributed by atoms with Gasteiger partial charge in [-0.05, 0) is 31.0 Å². The molecule has 0 saturated carbocycles. The maximum absolute atomic E-state index is 4.51. The molecule has 102 valence electrons. The first kappa shape index (κ1) is 14.5. The molecule has 1 heterocycles. The Morgan fingerprint density at radius 1 is 1.32 bits per heavy atom. The predicted molar refractivity (Wildman–Crippen MR) is 85.3 cm³/mol. The first-order valence-corrected chi connectivity index (χ1v) is 7.77. The number of fused-ring (bicyclic) bond motifs is 1. The summed E-state index contributed by atoms with van der Waals surface area (Å²) < 4.78 is 1.11. The number of nitrogens with zero attached hydrogens (tertiary/aromatic N) is 1. The van der Waals surface area contributed by atoms with Crippen LogP contribution in [0, 0.1) is 0 Å². The molecular formula is C16H21BrN2. The lowest BCUT2D eigenvalue weighted by atomic mass is 10.1. The van der Waals surface area contributed by atoms with Crippen LogP contribution in [0.5, 0.6) is 0 Å². The van der Waals surface area contributed by atoms with Gasteiger partial charge in [0, 0.05) is 28.6 Å². The summed E-state index contributed by atoms with van der Waals surface area (Å²) >= 11 is 3.58. The van der Waals surface area contributed by atoms with E-state index in [0.717, 1.165) is 16.5 Å². The van der Waals surface area contributed by atoms with Crippen molar-refractivity contribution in [2.45, 2.75) is 45.7 Å². The highest BCUT2D eigenvalue weighted by atomic mass is 79.9. The minimum atomic E-state index is 0.558. The zero-order chi connectivity index (χ0) is 13.7. The fourth-order valence-corrected chi connectivity index (χ4v) is 2.69. The summed E-state index contributed by atoms with van der Waals surface area (Å²) in [7, 11) is 0. The largest absolute Gasteiger partial charge is 0.310 e. The van der Waals surface area contributed by atoms with Gasteiger partial charge in [-0.1, -0.05) is 47.8 Å². The third kappa shape index (κ3) is 3.77. The van der Waals surface area contributed by atoms with Gasteiger partial charge in [0.25, 0.3) is 0 Å². The van der Waals surface area contributed by atoms with Crippen molar-refractivity contribution in [3.8, 4) is 0 Å². The van der Waals surface area contributed by atoms with Crippen LogP contribution in [0.1, 0.15) is 38.7 Å². The van der Waals surface area contributed by atoms with Crippen LogP contribution in [-0.4, -0.2) is 11.0 Å². The van der Waals surface area contributed by atoms with Crippen molar-refractivity contribution < 1.29 is 0 Å². The second kappa shape index (κ2) is 7.01. The summed E-state index contributed by atoms with van der Waals surface area (Å²) in [6.07, 6.45) is 5.64. The molecule has 0 aliphatic heterocycles. The topological polar surface area (TPSA) is 24.9 Å². The zero-order valence-corrected chi connectivity index (χ0v) is 13.2. The van der Waals surface area contributed by atoms with Gasteiger partial charge in [-0.2, -0.15) is 0 Å². The van der Waals surface area contributed by atoms with Gasteiger partial charge in [0.2, 0.25) is 0 Å². The first-order valence-electron chi connectivity index (χ1n) is 6.98. The maximum Gasteiger partial charge on any atom is 0.0758 e. The SMILES string of the molecule is CCCCC(C)NCc1ccc(Br)c2cccnc12. The number of hydrogen-bond acceptors (Lipinski definition) is 2. The number of benzene rings is 1. The van der Waals surface area contributed by atoms with Crippen LogP contribution in [0.15, 0.2) is 34.9 Å². The quantitative estimate of drug-likeness (QED) is 0.836. The van der Waals surface area contributed by atoms with Crippen molar-refractivity contribution in [3.05, 3.63) is 40.5 Å². The van der Waals surface area contributed by atoms with Crippen LogP contribution in [-0.2, 0) is 6.54 Å². The van der Waals surface area contributed by atoms with Gasteiger partial charge < -0.3 is 5.32 Å². The molecule has 1 unspecified atom stereocenters. The van der Waals surface area contributed by atoms with Crippen molar-refractivity contribution in [2.75, 3.05) is 0 Å². The molecule has 1 atom stereocenters. The van der Waals surface area contributed by atoms with E-state index < -0.39 is 0 Å². The molecule has 0 saturated heterocycles. The second-order valence-corrected chi connectivity index (χ2v) is 5.88. The molecule has 2 nitrogen and oxygen atoms in total. The zero-order valence-electron chi connectivity index (χ0n) is 11.6. The number of halogens is 1. The Balaban J connectivity index is 2.11. The Morgan fingerprint density at radius 3 is 2.95 bits per heavy atom. The number of rotatable bonds is 6. The third-order valence-corrected chi connectivity index (χ3v) is 4.12. The lowest BCUT2D eigenvalue weighted by Crippen LogP contribution is -2.25. The van der Waals surface area contributed by atoms with Gasteiger partial charge in [-0.25, -0.2) is 0 Å². The summed E-state index contributed by atoms with van der Waals surface area (Å²) in [6.45, 7) is 5.37. The normalized spacial score (nSPS) is 12.8. The first-order chi connectivity index (χ1) is 9.22. The van der Waals surface area contributed by atoms with Crippen molar-refractivity contribution in [1.82, 2.24) is 10.3 Å². The highest BCUT2D eigenvalue weighted by Gasteiger charge is 2.07. The van der Waals surface area contributed by atoms with E-state index in [1.165, 1.54) is 30.2 Å². The monoisotopic (exact) mass is 320 g/mol. The van der Waals surface area contributed by atoms with Gasteiger partial charge in [-0.3, -0.25) is 4.98 Å². The minimum absolute atomic E-state index is 0.558. The average molecular weight is 321 g/mol. The number of nitrogens with one attached hydrogen (secondary N) is 1. The molecule has 0 aliphatic rings. The molecule has 1 aromatic heterocycles. The van der Waals surface area contributed by atoms with Crippen LogP contribution < -0.4 is 5.32 Å². The Bertz CT molecular complexity index is 539. The highest BCUT2D eigenvalue weighted by Crippen LogP contribution is 2.25. The molecule has 2 rings (SSSR count). The fourth-order valence-electron chi connectivity index (χ4n) is 2.24. The van der Waals surface area contributed by atoms with E-state index in [2.05, 4.69) is 58.3 Å². The molecule has 1 N–H and O–H groups in total. The Kier molecular flexibility index (Phi) is 5.34. The number of hydrogen-bond donors (Lipinski definition) is 1. The smallest absolute Gasteiger partial charge is 0.0758 e. The summed E-state index contributed by atoms with van der Waals surface area (Å²) in [4.78, 5) is 4.51. The van der Waals surface area contributed by atoms with Crippen molar-refractivity contribution in [2.24, 2.45) is 0 Å². The fraction of sp³-hybridized carbons (Fsp3) is 0.438. The Labute approximate surface area is 123 Å². The molecular weight excluding hydrogens is 300 g/mol. The molecule has 19 heavy (non-hydrogen) atoms.